The Hall–Kier alpha value is -1.56. The number of nitrogens with zero attached hydrogens (tertiary/aromatic N) is 1. The van der Waals surface area contributed by atoms with Crippen molar-refractivity contribution >= 4 is 27.8 Å². The average molecular weight is 355 g/mol. The number of benzene rings is 1. The van der Waals surface area contributed by atoms with Gasteiger partial charge >= 0.3 is 0 Å². The first-order valence-corrected chi connectivity index (χ1v) is 7.92. The number of hydrogen-bond acceptors (Lipinski definition) is 2. The first-order valence-electron chi connectivity index (χ1n) is 7.13. The minimum Gasteiger partial charge on any atom is -0.370 e. The minimum absolute atomic E-state index is 0.0778. The second-order valence-electron chi connectivity index (χ2n) is 4.84. The summed E-state index contributed by atoms with van der Waals surface area (Å²) in [6, 6.07) is 7.63. The molecule has 0 saturated carbocycles. The van der Waals surface area contributed by atoms with E-state index >= 15 is 0 Å². The van der Waals surface area contributed by atoms with Gasteiger partial charge in [0.25, 0.3) is 5.91 Å². The van der Waals surface area contributed by atoms with Gasteiger partial charge in [-0.05, 0) is 38.0 Å². The maximum Gasteiger partial charge on any atom is 0.251 e. The smallest absolute Gasteiger partial charge is 0.251 e. The number of hydrogen-bond donors (Lipinski definition) is 3. The summed E-state index contributed by atoms with van der Waals surface area (Å²) in [5.74, 6) is 0.383. The lowest BCUT2D eigenvalue weighted by atomic mass is 10.2. The minimum atomic E-state index is -0.0778. The second-order valence-corrected chi connectivity index (χ2v) is 5.76. The number of nitrogens with one attached hydrogen (secondary N) is 2. The van der Waals surface area contributed by atoms with Gasteiger partial charge in [0.1, 0.15) is 0 Å². The average Bonchev–Trinajstić information content (AvgIpc) is 2.46. The lowest BCUT2D eigenvalue weighted by Crippen LogP contribution is -2.38. The quantitative estimate of drug-likeness (QED) is 0.399. The van der Waals surface area contributed by atoms with Crippen LogP contribution in [0.1, 0.15) is 37.0 Å². The zero-order valence-corrected chi connectivity index (χ0v) is 14.1. The lowest BCUT2D eigenvalue weighted by Gasteiger charge is -2.11. The Labute approximate surface area is 134 Å². The Balaban J connectivity index is 2.25. The number of carbonyl (C=O) groups excluding carboxylic acids is 1. The largest absolute Gasteiger partial charge is 0.370 e. The first-order chi connectivity index (χ1) is 10.0. The molecule has 6 heteroatoms. The van der Waals surface area contributed by atoms with Gasteiger partial charge in [0.15, 0.2) is 5.96 Å². The van der Waals surface area contributed by atoms with E-state index in [1.165, 1.54) is 0 Å². The van der Waals surface area contributed by atoms with Crippen LogP contribution in [0.25, 0.3) is 0 Å². The van der Waals surface area contributed by atoms with Gasteiger partial charge in [-0.3, -0.25) is 9.79 Å². The third kappa shape index (κ3) is 7.13. The van der Waals surface area contributed by atoms with Crippen LogP contribution in [0.15, 0.2) is 33.7 Å². The van der Waals surface area contributed by atoms with E-state index in [0.717, 1.165) is 17.3 Å². The fraction of sp³-hybridized carbons (Fsp3) is 0.467. The van der Waals surface area contributed by atoms with E-state index in [4.69, 9.17) is 5.73 Å². The number of guanidine groups is 1. The van der Waals surface area contributed by atoms with Crippen LogP contribution in [0.3, 0.4) is 0 Å². The lowest BCUT2D eigenvalue weighted by molar-refractivity contribution is 0.0953. The van der Waals surface area contributed by atoms with Crippen LogP contribution >= 0.6 is 15.9 Å². The Kier molecular flexibility index (Phi) is 7.82. The Bertz CT molecular complexity index is 490. The van der Waals surface area contributed by atoms with Crippen LogP contribution in [0, 0.1) is 0 Å². The topological polar surface area (TPSA) is 79.5 Å². The molecule has 0 spiro atoms. The molecule has 1 rings (SSSR count). The summed E-state index contributed by atoms with van der Waals surface area (Å²) in [5, 5.41) is 5.96. The van der Waals surface area contributed by atoms with Crippen LogP contribution in [0.5, 0.6) is 0 Å². The predicted molar refractivity (Wildman–Crippen MR) is 90.5 cm³/mol. The van der Waals surface area contributed by atoms with Gasteiger partial charge in [-0.25, -0.2) is 0 Å². The van der Waals surface area contributed by atoms with Gasteiger partial charge in [0, 0.05) is 29.2 Å². The van der Waals surface area contributed by atoms with Crippen molar-refractivity contribution in [2.45, 2.75) is 32.7 Å². The Morgan fingerprint density at radius 1 is 1.48 bits per heavy atom. The third-order valence-corrected chi connectivity index (χ3v) is 3.49. The molecule has 116 valence electrons. The summed E-state index contributed by atoms with van der Waals surface area (Å²) in [4.78, 5) is 16.1. The molecule has 1 atom stereocenters. The molecule has 0 aliphatic carbocycles. The number of nitrogens with two attached hydrogens (primary N) is 1. The highest BCUT2D eigenvalue weighted by Crippen LogP contribution is 2.11. The van der Waals surface area contributed by atoms with Crippen LogP contribution in [-0.4, -0.2) is 31.0 Å². The monoisotopic (exact) mass is 354 g/mol. The molecule has 0 saturated heterocycles. The molecule has 0 bridgehead atoms. The van der Waals surface area contributed by atoms with Crippen molar-refractivity contribution in [1.29, 1.82) is 0 Å². The van der Waals surface area contributed by atoms with Gasteiger partial charge in [-0.2, -0.15) is 0 Å². The number of aliphatic imine (C=N–C) groups is 1. The summed E-state index contributed by atoms with van der Waals surface area (Å²) in [6.45, 7) is 5.31. The number of rotatable bonds is 7. The molecule has 21 heavy (non-hydrogen) atoms. The summed E-state index contributed by atoms with van der Waals surface area (Å²) >= 11 is 3.35. The summed E-state index contributed by atoms with van der Waals surface area (Å²) in [7, 11) is 0. The fourth-order valence-electron chi connectivity index (χ4n) is 1.61. The second kappa shape index (κ2) is 9.39. The zero-order valence-electron chi connectivity index (χ0n) is 12.5. The van der Waals surface area contributed by atoms with E-state index in [-0.39, 0.29) is 5.91 Å². The Morgan fingerprint density at radius 3 is 2.90 bits per heavy atom. The van der Waals surface area contributed by atoms with E-state index in [2.05, 4.69) is 45.4 Å². The molecule has 1 unspecified atom stereocenters. The molecule has 4 N–H and O–H groups in total. The van der Waals surface area contributed by atoms with Gasteiger partial charge in [0.2, 0.25) is 0 Å². The predicted octanol–water partition coefficient (Wildman–Crippen LogP) is 2.27. The van der Waals surface area contributed by atoms with E-state index < -0.39 is 0 Å². The summed E-state index contributed by atoms with van der Waals surface area (Å²) < 4.78 is 0.892. The zero-order chi connectivity index (χ0) is 15.7. The van der Waals surface area contributed by atoms with E-state index in [0.29, 0.717) is 30.7 Å². The highest BCUT2D eigenvalue weighted by Gasteiger charge is 2.04. The molecule has 0 aliphatic rings. The van der Waals surface area contributed by atoms with Crippen LogP contribution in [0.2, 0.25) is 0 Å². The molecule has 1 amide bonds. The first kappa shape index (κ1) is 17.5. The molecule has 1 aromatic rings. The fourth-order valence-corrected chi connectivity index (χ4v) is 2.01. The number of carbonyl (C=O) groups is 1. The third-order valence-electron chi connectivity index (χ3n) is 3.00. The number of halogens is 1. The van der Waals surface area contributed by atoms with Gasteiger partial charge < -0.3 is 16.4 Å². The van der Waals surface area contributed by atoms with Gasteiger partial charge in [-0.1, -0.05) is 28.9 Å². The molecule has 0 radical (unpaired) electrons. The Morgan fingerprint density at radius 2 is 2.24 bits per heavy atom. The van der Waals surface area contributed by atoms with Crippen molar-refractivity contribution in [3.63, 3.8) is 0 Å². The number of amides is 1. The molecule has 0 fully saturated rings. The van der Waals surface area contributed by atoms with Crippen molar-refractivity contribution in [2.75, 3.05) is 13.1 Å². The normalized spacial score (nSPS) is 12.8. The molecular weight excluding hydrogens is 332 g/mol. The van der Waals surface area contributed by atoms with E-state index in [1.54, 1.807) is 12.1 Å². The molecule has 1 aromatic carbocycles. The molecular formula is C15H23BrN4O. The highest BCUT2D eigenvalue weighted by molar-refractivity contribution is 9.10. The molecule has 5 nitrogen and oxygen atoms in total. The standard InChI is InChI=1S/C15H23BrN4O/c1-3-11(2)20-15(17)19-9-5-8-18-14(21)12-6-4-7-13(16)10-12/h4,6-7,10-11H,3,5,8-9H2,1-2H3,(H,18,21)(H3,17,19,20). The van der Waals surface area contributed by atoms with Gasteiger partial charge in [0.05, 0.1) is 0 Å². The van der Waals surface area contributed by atoms with Gasteiger partial charge in [-0.15, -0.1) is 0 Å². The molecule has 0 aliphatic heterocycles. The van der Waals surface area contributed by atoms with E-state index in [9.17, 15) is 4.79 Å². The molecule has 0 heterocycles. The maximum atomic E-state index is 11.9. The summed E-state index contributed by atoms with van der Waals surface area (Å²) in [6.07, 6.45) is 1.75. The summed E-state index contributed by atoms with van der Waals surface area (Å²) in [5.41, 5.74) is 6.39. The van der Waals surface area contributed by atoms with Crippen molar-refractivity contribution in [3.8, 4) is 0 Å². The maximum absolute atomic E-state index is 11.9. The van der Waals surface area contributed by atoms with Crippen molar-refractivity contribution in [2.24, 2.45) is 10.7 Å². The SMILES string of the molecule is CCC(C)NC(N)=NCCCNC(=O)c1cccc(Br)c1. The molecule has 0 aromatic heterocycles. The van der Waals surface area contributed by atoms with Crippen LogP contribution < -0.4 is 16.4 Å². The van der Waals surface area contributed by atoms with Crippen LogP contribution in [0.4, 0.5) is 0 Å². The van der Waals surface area contributed by atoms with Crippen molar-refractivity contribution < 1.29 is 4.79 Å². The van der Waals surface area contributed by atoms with Crippen molar-refractivity contribution in [1.82, 2.24) is 10.6 Å². The van der Waals surface area contributed by atoms with Crippen LogP contribution in [-0.2, 0) is 0 Å². The highest BCUT2D eigenvalue weighted by atomic mass is 79.9. The van der Waals surface area contributed by atoms with E-state index in [1.807, 2.05) is 12.1 Å². The van der Waals surface area contributed by atoms with Crippen molar-refractivity contribution in [3.05, 3.63) is 34.3 Å².